The van der Waals surface area contributed by atoms with E-state index >= 15 is 0 Å². The average Bonchev–Trinajstić information content (AvgIpc) is 1.88. The zero-order chi connectivity index (χ0) is 6.69. The van der Waals surface area contributed by atoms with Crippen molar-refractivity contribution in [2.45, 2.75) is 13.0 Å². The van der Waals surface area contributed by atoms with E-state index < -0.39 is 0 Å². The Morgan fingerprint density at radius 1 is 1.78 bits per heavy atom. The van der Waals surface area contributed by atoms with E-state index in [9.17, 15) is 4.79 Å². The first kappa shape index (κ1) is 6.55. The number of morpholine rings is 1. The van der Waals surface area contributed by atoms with Crippen LogP contribution < -0.4 is 0 Å². The molecule has 3 heteroatoms. The maximum Gasteiger partial charge on any atom is 0.209 e. The third kappa shape index (κ3) is 1.68. The van der Waals surface area contributed by atoms with E-state index in [4.69, 9.17) is 4.74 Å². The SMILES string of the molecule is C[C@H]1CN(C=O)CCO1. The lowest BCUT2D eigenvalue weighted by Crippen LogP contribution is -2.39. The summed E-state index contributed by atoms with van der Waals surface area (Å²) in [6.45, 7) is 4.13. The topological polar surface area (TPSA) is 29.5 Å². The van der Waals surface area contributed by atoms with Crippen molar-refractivity contribution in [1.29, 1.82) is 0 Å². The molecule has 1 aliphatic rings. The van der Waals surface area contributed by atoms with Crippen LogP contribution in [-0.2, 0) is 9.53 Å². The fraction of sp³-hybridized carbons (Fsp3) is 0.833. The number of hydrogen-bond acceptors (Lipinski definition) is 2. The molecule has 1 heterocycles. The molecule has 0 unspecified atom stereocenters. The van der Waals surface area contributed by atoms with Crippen molar-refractivity contribution in [1.82, 2.24) is 4.90 Å². The molecule has 0 aromatic heterocycles. The molecule has 0 aromatic carbocycles. The van der Waals surface area contributed by atoms with Gasteiger partial charge in [-0.05, 0) is 6.92 Å². The van der Waals surface area contributed by atoms with Crippen molar-refractivity contribution in [3.8, 4) is 0 Å². The van der Waals surface area contributed by atoms with Crippen molar-refractivity contribution >= 4 is 6.41 Å². The van der Waals surface area contributed by atoms with Crippen molar-refractivity contribution < 1.29 is 9.53 Å². The van der Waals surface area contributed by atoms with Crippen LogP contribution in [0.25, 0.3) is 0 Å². The molecule has 1 atom stereocenters. The quantitative estimate of drug-likeness (QED) is 0.461. The molecular weight excluding hydrogens is 118 g/mol. The predicted octanol–water partition coefficient (Wildman–Crippen LogP) is -0.137. The number of carbonyl (C=O) groups is 1. The Kier molecular flexibility index (Phi) is 2.05. The minimum atomic E-state index is 0.212. The Hall–Kier alpha value is -0.570. The van der Waals surface area contributed by atoms with Gasteiger partial charge in [-0.2, -0.15) is 0 Å². The molecule has 0 bridgehead atoms. The molecule has 1 saturated heterocycles. The highest BCUT2D eigenvalue weighted by molar-refractivity contribution is 5.47. The Bertz CT molecular complexity index is 105. The summed E-state index contributed by atoms with van der Waals surface area (Å²) < 4.78 is 5.21. The molecule has 0 saturated carbocycles. The van der Waals surface area contributed by atoms with E-state index in [-0.39, 0.29) is 6.10 Å². The summed E-state index contributed by atoms with van der Waals surface area (Å²) in [5.41, 5.74) is 0. The molecule has 0 radical (unpaired) electrons. The number of nitrogens with zero attached hydrogens (tertiary/aromatic N) is 1. The van der Waals surface area contributed by atoms with Gasteiger partial charge in [0.25, 0.3) is 0 Å². The van der Waals surface area contributed by atoms with Gasteiger partial charge in [-0.1, -0.05) is 0 Å². The Labute approximate surface area is 54.6 Å². The summed E-state index contributed by atoms with van der Waals surface area (Å²) in [6.07, 6.45) is 1.09. The van der Waals surface area contributed by atoms with Gasteiger partial charge in [0, 0.05) is 13.1 Å². The van der Waals surface area contributed by atoms with E-state index in [2.05, 4.69) is 0 Å². The van der Waals surface area contributed by atoms with Crippen molar-refractivity contribution in [3.05, 3.63) is 0 Å². The average molecular weight is 129 g/mol. The maximum absolute atomic E-state index is 10.2. The minimum Gasteiger partial charge on any atom is -0.375 e. The second-order valence-electron chi connectivity index (χ2n) is 2.28. The highest BCUT2D eigenvalue weighted by Gasteiger charge is 2.13. The molecule has 1 fully saturated rings. The third-order valence-corrected chi connectivity index (χ3v) is 1.42. The lowest BCUT2D eigenvalue weighted by molar-refractivity contribution is -0.124. The van der Waals surface area contributed by atoms with Crippen LogP contribution in [0.1, 0.15) is 6.92 Å². The molecule has 3 nitrogen and oxygen atoms in total. The van der Waals surface area contributed by atoms with Crippen molar-refractivity contribution in [2.75, 3.05) is 19.7 Å². The third-order valence-electron chi connectivity index (χ3n) is 1.42. The fourth-order valence-electron chi connectivity index (χ4n) is 0.941. The van der Waals surface area contributed by atoms with Crippen LogP contribution in [-0.4, -0.2) is 37.1 Å². The van der Waals surface area contributed by atoms with Gasteiger partial charge in [-0.25, -0.2) is 0 Å². The van der Waals surface area contributed by atoms with Gasteiger partial charge >= 0.3 is 0 Å². The standard InChI is InChI=1S/C6H11NO2/c1-6-4-7(5-8)2-3-9-6/h5-6H,2-4H2,1H3/t6-/m0/s1. The monoisotopic (exact) mass is 129 g/mol. The van der Waals surface area contributed by atoms with Gasteiger partial charge in [-0.3, -0.25) is 4.79 Å². The fourth-order valence-corrected chi connectivity index (χ4v) is 0.941. The number of carbonyl (C=O) groups excluding carboxylic acids is 1. The summed E-state index contributed by atoms with van der Waals surface area (Å²) in [5.74, 6) is 0. The van der Waals surface area contributed by atoms with Crippen LogP contribution in [0, 0.1) is 0 Å². The summed E-state index contributed by atoms with van der Waals surface area (Å²) in [7, 11) is 0. The van der Waals surface area contributed by atoms with E-state index in [0.29, 0.717) is 6.61 Å². The Morgan fingerprint density at radius 2 is 2.56 bits per heavy atom. The first-order valence-corrected chi connectivity index (χ1v) is 3.14. The zero-order valence-corrected chi connectivity index (χ0v) is 5.54. The largest absolute Gasteiger partial charge is 0.375 e. The Morgan fingerprint density at radius 3 is 3.00 bits per heavy atom. The molecule has 0 aliphatic carbocycles. The van der Waals surface area contributed by atoms with Gasteiger partial charge in [0.1, 0.15) is 0 Å². The highest BCUT2D eigenvalue weighted by Crippen LogP contribution is 2.00. The van der Waals surface area contributed by atoms with Gasteiger partial charge < -0.3 is 9.64 Å². The minimum absolute atomic E-state index is 0.212. The van der Waals surface area contributed by atoms with Crippen molar-refractivity contribution in [3.63, 3.8) is 0 Å². The van der Waals surface area contributed by atoms with Crippen LogP contribution >= 0.6 is 0 Å². The summed E-state index contributed by atoms with van der Waals surface area (Å²) in [5, 5.41) is 0. The second kappa shape index (κ2) is 2.82. The predicted molar refractivity (Wildman–Crippen MR) is 33.1 cm³/mol. The number of amides is 1. The summed E-state index contributed by atoms with van der Waals surface area (Å²) in [4.78, 5) is 11.9. The molecule has 9 heavy (non-hydrogen) atoms. The van der Waals surface area contributed by atoms with Crippen LogP contribution in [0.2, 0.25) is 0 Å². The van der Waals surface area contributed by atoms with Crippen LogP contribution in [0.3, 0.4) is 0 Å². The van der Waals surface area contributed by atoms with Crippen molar-refractivity contribution in [2.24, 2.45) is 0 Å². The van der Waals surface area contributed by atoms with Crippen LogP contribution in [0.4, 0.5) is 0 Å². The molecule has 1 amide bonds. The van der Waals surface area contributed by atoms with Gasteiger partial charge in [-0.15, -0.1) is 0 Å². The second-order valence-corrected chi connectivity index (χ2v) is 2.28. The van der Waals surface area contributed by atoms with Crippen LogP contribution in [0.5, 0.6) is 0 Å². The highest BCUT2D eigenvalue weighted by atomic mass is 16.5. The molecule has 1 aliphatic heterocycles. The zero-order valence-electron chi connectivity index (χ0n) is 5.54. The maximum atomic E-state index is 10.2. The normalized spacial score (nSPS) is 28.1. The smallest absolute Gasteiger partial charge is 0.209 e. The van der Waals surface area contributed by atoms with E-state index in [1.165, 1.54) is 0 Å². The molecule has 0 N–H and O–H groups in total. The van der Waals surface area contributed by atoms with E-state index in [1.807, 2.05) is 6.92 Å². The summed E-state index contributed by atoms with van der Waals surface area (Å²) in [6, 6.07) is 0. The number of hydrogen-bond donors (Lipinski definition) is 0. The van der Waals surface area contributed by atoms with E-state index in [1.54, 1.807) is 4.90 Å². The molecule has 0 aromatic rings. The van der Waals surface area contributed by atoms with Gasteiger partial charge in [0.05, 0.1) is 12.7 Å². The molecule has 0 spiro atoms. The van der Waals surface area contributed by atoms with Crippen LogP contribution in [0.15, 0.2) is 0 Å². The molecule has 52 valence electrons. The van der Waals surface area contributed by atoms with E-state index in [0.717, 1.165) is 19.5 Å². The number of rotatable bonds is 1. The lowest BCUT2D eigenvalue weighted by atomic mass is 10.3. The van der Waals surface area contributed by atoms with Gasteiger partial charge in [0.15, 0.2) is 0 Å². The lowest BCUT2D eigenvalue weighted by Gasteiger charge is -2.27. The first-order valence-electron chi connectivity index (χ1n) is 3.14. The molecular formula is C6H11NO2. The number of ether oxygens (including phenoxy) is 1. The summed E-state index contributed by atoms with van der Waals surface area (Å²) >= 11 is 0. The van der Waals surface area contributed by atoms with Gasteiger partial charge in [0.2, 0.25) is 6.41 Å². The Balaban J connectivity index is 2.31. The first-order chi connectivity index (χ1) is 4.33. The molecule has 1 rings (SSSR count).